The number of aromatic nitrogens is 5. The molecule has 6 nitrogen and oxygen atoms in total. The second-order valence-electron chi connectivity index (χ2n) is 4.54. The normalized spacial score (nSPS) is 11.2. The molecular formula is C13H16N6S2. The molecule has 0 bridgehead atoms. The quantitative estimate of drug-likeness (QED) is 0.729. The maximum Gasteiger partial charge on any atom is 0.176 e. The van der Waals surface area contributed by atoms with Crippen LogP contribution in [0.2, 0.25) is 0 Å². The zero-order chi connectivity index (χ0) is 14.8. The predicted molar refractivity (Wildman–Crippen MR) is 86.9 cm³/mol. The van der Waals surface area contributed by atoms with Crippen LogP contribution < -0.4 is 5.32 Å². The number of thioether (sulfide) groups is 1. The third kappa shape index (κ3) is 2.86. The molecule has 1 N–H and O–H groups in total. The highest BCUT2D eigenvalue weighted by molar-refractivity contribution is 8.00. The van der Waals surface area contributed by atoms with Crippen molar-refractivity contribution < 1.29 is 0 Å². The number of hydrogen-bond acceptors (Lipinski definition) is 7. The van der Waals surface area contributed by atoms with E-state index < -0.39 is 0 Å². The van der Waals surface area contributed by atoms with E-state index in [0.29, 0.717) is 6.54 Å². The minimum absolute atomic E-state index is 0.704. The molecule has 8 heteroatoms. The SMILES string of the molecule is CCc1nn(C)cc1CNc1ncnc2nc(SC)sc12. The molecule has 0 radical (unpaired) electrons. The largest absolute Gasteiger partial charge is 0.365 e. The van der Waals surface area contributed by atoms with Gasteiger partial charge in [0.1, 0.15) is 16.8 Å². The minimum atomic E-state index is 0.704. The number of nitrogens with zero attached hydrogens (tertiary/aromatic N) is 5. The van der Waals surface area contributed by atoms with Gasteiger partial charge in [0.2, 0.25) is 0 Å². The lowest BCUT2D eigenvalue weighted by molar-refractivity contribution is 0.746. The standard InChI is InChI=1S/C13H16N6S2/c1-4-9-8(6-19(2)18-9)5-14-11-10-12(16-7-15-11)17-13(20-3)21-10/h6-7H,4-5H2,1-3H3,(H,14,15,16). The van der Waals surface area contributed by atoms with Gasteiger partial charge in [-0.2, -0.15) is 5.10 Å². The smallest absolute Gasteiger partial charge is 0.176 e. The Morgan fingerprint density at radius 1 is 1.38 bits per heavy atom. The molecule has 3 rings (SSSR count). The Kier molecular flexibility index (Phi) is 4.07. The second-order valence-corrected chi connectivity index (χ2v) is 6.59. The van der Waals surface area contributed by atoms with Gasteiger partial charge in [-0.3, -0.25) is 4.68 Å². The molecule has 0 aliphatic heterocycles. The minimum Gasteiger partial charge on any atom is -0.365 e. The molecule has 0 unspecified atom stereocenters. The summed E-state index contributed by atoms with van der Waals surface area (Å²) >= 11 is 3.24. The molecule has 0 atom stereocenters. The number of fused-ring (bicyclic) bond motifs is 1. The van der Waals surface area contributed by atoms with E-state index in [1.165, 1.54) is 5.56 Å². The molecule has 21 heavy (non-hydrogen) atoms. The number of rotatable bonds is 5. The molecule has 3 aromatic heterocycles. The van der Waals surface area contributed by atoms with Crippen molar-refractivity contribution in [2.75, 3.05) is 11.6 Å². The van der Waals surface area contributed by atoms with Crippen LogP contribution in [-0.2, 0) is 20.0 Å². The van der Waals surface area contributed by atoms with Gasteiger partial charge in [-0.05, 0) is 12.7 Å². The van der Waals surface area contributed by atoms with Crippen molar-refractivity contribution >= 4 is 39.3 Å². The third-order valence-electron chi connectivity index (χ3n) is 3.12. The first-order chi connectivity index (χ1) is 10.2. The third-order valence-corrected chi connectivity index (χ3v) is 5.16. The molecule has 0 saturated carbocycles. The maximum absolute atomic E-state index is 4.46. The first kappa shape index (κ1) is 14.3. The number of nitrogens with one attached hydrogen (secondary N) is 1. The molecule has 0 aliphatic carbocycles. The van der Waals surface area contributed by atoms with Gasteiger partial charge in [0, 0.05) is 25.4 Å². The Morgan fingerprint density at radius 2 is 2.24 bits per heavy atom. The summed E-state index contributed by atoms with van der Waals surface area (Å²) in [6.45, 7) is 2.82. The fourth-order valence-corrected chi connectivity index (χ4v) is 3.63. The average Bonchev–Trinajstić information content (AvgIpc) is 3.07. The van der Waals surface area contributed by atoms with Gasteiger partial charge in [-0.15, -0.1) is 11.3 Å². The van der Waals surface area contributed by atoms with Crippen LogP contribution in [0, 0.1) is 0 Å². The molecular weight excluding hydrogens is 304 g/mol. The topological polar surface area (TPSA) is 68.5 Å². The summed E-state index contributed by atoms with van der Waals surface area (Å²) in [4.78, 5) is 13.0. The summed E-state index contributed by atoms with van der Waals surface area (Å²) in [6, 6.07) is 0. The number of aryl methyl sites for hydroxylation is 2. The van der Waals surface area contributed by atoms with Crippen LogP contribution in [0.25, 0.3) is 10.3 Å². The number of anilines is 1. The Morgan fingerprint density at radius 3 is 3.00 bits per heavy atom. The van der Waals surface area contributed by atoms with E-state index >= 15 is 0 Å². The van der Waals surface area contributed by atoms with Crippen LogP contribution >= 0.6 is 23.1 Å². The van der Waals surface area contributed by atoms with Crippen LogP contribution in [0.5, 0.6) is 0 Å². The Labute approximate surface area is 131 Å². The van der Waals surface area contributed by atoms with Crippen LogP contribution in [0.15, 0.2) is 16.9 Å². The lowest BCUT2D eigenvalue weighted by Gasteiger charge is -2.05. The molecule has 0 aromatic carbocycles. The summed E-state index contributed by atoms with van der Waals surface area (Å²) in [5.74, 6) is 0.837. The van der Waals surface area contributed by atoms with Gasteiger partial charge < -0.3 is 5.32 Å². The van der Waals surface area contributed by atoms with Crippen molar-refractivity contribution in [3.8, 4) is 0 Å². The van der Waals surface area contributed by atoms with E-state index in [-0.39, 0.29) is 0 Å². The Hall–Kier alpha value is -1.67. The molecule has 3 aromatic rings. The van der Waals surface area contributed by atoms with Crippen molar-refractivity contribution in [1.29, 1.82) is 0 Å². The highest BCUT2D eigenvalue weighted by Gasteiger charge is 2.11. The maximum atomic E-state index is 4.46. The Balaban J connectivity index is 1.86. The molecule has 0 amide bonds. The van der Waals surface area contributed by atoms with Crippen LogP contribution in [0.3, 0.4) is 0 Å². The Bertz CT molecular complexity index is 763. The van der Waals surface area contributed by atoms with Crippen molar-refractivity contribution in [2.45, 2.75) is 24.2 Å². The zero-order valence-electron chi connectivity index (χ0n) is 12.1. The molecule has 0 fully saturated rings. The van der Waals surface area contributed by atoms with Crippen LogP contribution in [0.4, 0.5) is 5.82 Å². The highest BCUT2D eigenvalue weighted by atomic mass is 32.2. The van der Waals surface area contributed by atoms with Crippen LogP contribution in [-0.4, -0.2) is 31.0 Å². The van der Waals surface area contributed by atoms with E-state index in [9.17, 15) is 0 Å². The van der Waals surface area contributed by atoms with Gasteiger partial charge in [0.05, 0.1) is 5.69 Å². The van der Waals surface area contributed by atoms with Crippen molar-refractivity contribution in [1.82, 2.24) is 24.7 Å². The first-order valence-corrected chi connectivity index (χ1v) is 8.66. The second kappa shape index (κ2) is 5.98. The van der Waals surface area contributed by atoms with E-state index in [1.54, 1.807) is 29.4 Å². The molecule has 3 heterocycles. The van der Waals surface area contributed by atoms with Crippen molar-refractivity contribution in [3.05, 3.63) is 23.8 Å². The van der Waals surface area contributed by atoms with Crippen molar-refractivity contribution in [2.24, 2.45) is 7.05 Å². The van der Waals surface area contributed by atoms with Gasteiger partial charge in [0.25, 0.3) is 0 Å². The van der Waals surface area contributed by atoms with E-state index in [4.69, 9.17) is 0 Å². The summed E-state index contributed by atoms with van der Waals surface area (Å²) in [7, 11) is 1.94. The summed E-state index contributed by atoms with van der Waals surface area (Å²) in [6.07, 6.45) is 6.54. The lowest BCUT2D eigenvalue weighted by Crippen LogP contribution is -2.03. The average molecular weight is 320 g/mol. The lowest BCUT2D eigenvalue weighted by atomic mass is 10.2. The van der Waals surface area contributed by atoms with Gasteiger partial charge >= 0.3 is 0 Å². The van der Waals surface area contributed by atoms with Gasteiger partial charge in [0.15, 0.2) is 9.99 Å². The van der Waals surface area contributed by atoms with Gasteiger partial charge in [-0.1, -0.05) is 18.7 Å². The molecule has 0 spiro atoms. The summed E-state index contributed by atoms with van der Waals surface area (Å²) in [5.41, 5.74) is 3.06. The fraction of sp³-hybridized carbons (Fsp3) is 0.385. The fourth-order valence-electron chi connectivity index (χ4n) is 2.16. The predicted octanol–water partition coefficient (Wildman–Crippen LogP) is 2.72. The van der Waals surface area contributed by atoms with Crippen LogP contribution in [0.1, 0.15) is 18.2 Å². The molecule has 0 saturated heterocycles. The highest BCUT2D eigenvalue weighted by Crippen LogP contribution is 2.31. The zero-order valence-corrected chi connectivity index (χ0v) is 13.8. The molecule has 0 aliphatic rings. The van der Waals surface area contributed by atoms with Gasteiger partial charge in [-0.25, -0.2) is 15.0 Å². The number of hydrogen-bond donors (Lipinski definition) is 1. The summed E-state index contributed by atoms with van der Waals surface area (Å²) < 4.78 is 3.86. The summed E-state index contributed by atoms with van der Waals surface area (Å²) in [5, 5.41) is 7.84. The molecule has 110 valence electrons. The van der Waals surface area contributed by atoms with Crippen molar-refractivity contribution in [3.63, 3.8) is 0 Å². The van der Waals surface area contributed by atoms with E-state index in [0.717, 1.165) is 32.6 Å². The number of thiazole rings is 1. The first-order valence-electron chi connectivity index (χ1n) is 6.62. The van der Waals surface area contributed by atoms with E-state index in [1.807, 2.05) is 24.2 Å². The van der Waals surface area contributed by atoms with E-state index in [2.05, 4.69) is 32.3 Å². The monoisotopic (exact) mass is 320 g/mol.